The summed E-state index contributed by atoms with van der Waals surface area (Å²) >= 11 is 1.80. The molecule has 1 aromatic carbocycles. The summed E-state index contributed by atoms with van der Waals surface area (Å²) in [5.41, 5.74) is 1.11. The maximum absolute atomic E-state index is 9.66. The summed E-state index contributed by atoms with van der Waals surface area (Å²) in [6.45, 7) is 6.68. The van der Waals surface area contributed by atoms with Crippen molar-refractivity contribution in [3.05, 3.63) is 46.2 Å². The van der Waals surface area contributed by atoms with E-state index in [0.29, 0.717) is 11.7 Å². The number of hydrogen-bond donors (Lipinski definition) is 3. The van der Waals surface area contributed by atoms with Crippen LogP contribution in [-0.4, -0.2) is 37.8 Å². The SMILES string of the molecule is CCNC(=NCC(C)Cc1cccs1)NCCc1ccc(O)c(OC)c1. The summed E-state index contributed by atoms with van der Waals surface area (Å²) in [5.74, 6) is 2.02. The number of thiophene rings is 1. The highest BCUT2D eigenvalue weighted by Gasteiger charge is 2.06. The molecule has 142 valence electrons. The minimum absolute atomic E-state index is 0.166. The van der Waals surface area contributed by atoms with Gasteiger partial charge in [0, 0.05) is 24.5 Å². The van der Waals surface area contributed by atoms with Gasteiger partial charge in [-0.05, 0) is 54.8 Å². The van der Waals surface area contributed by atoms with Crippen molar-refractivity contribution in [1.29, 1.82) is 0 Å². The maximum Gasteiger partial charge on any atom is 0.191 e. The molecule has 0 radical (unpaired) electrons. The van der Waals surface area contributed by atoms with E-state index in [1.807, 2.05) is 12.1 Å². The molecule has 0 spiro atoms. The van der Waals surface area contributed by atoms with Crippen LogP contribution in [0.1, 0.15) is 24.3 Å². The first-order valence-corrected chi connectivity index (χ1v) is 9.90. The molecule has 1 unspecified atom stereocenters. The second-order valence-electron chi connectivity index (χ2n) is 6.29. The van der Waals surface area contributed by atoms with Crippen molar-refractivity contribution in [2.24, 2.45) is 10.9 Å². The van der Waals surface area contributed by atoms with Crippen LogP contribution in [0.5, 0.6) is 11.5 Å². The lowest BCUT2D eigenvalue weighted by Crippen LogP contribution is -2.38. The lowest BCUT2D eigenvalue weighted by atomic mass is 10.1. The molecule has 0 saturated heterocycles. The van der Waals surface area contributed by atoms with E-state index >= 15 is 0 Å². The van der Waals surface area contributed by atoms with Crippen LogP contribution in [0.4, 0.5) is 0 Å². The Morgan fingerprint density at radius 3 is 2.85 bits per heavy atom. The molecule has 0 saturated carbocycles. The summed E-state index contributed by atoms with van der Waals surface area (Å²) in [4.78, 5) is 6.12. The molecule has 1 heterocycles. The van der Waals surface area contributed by atoms with E-state index in [4.69, 9.17) is 9.73 Å². The second kappa shape index (κ2) is 10.7. The zero-order valence-corrected chi connectivity index (χ0v) is 16.6. The quantitative estimate of drug-likeness (QED) is 0.464. The molecule has 5 nitrogen and oxygen atoms in total. The van der Waals surface area contributed by atoms with Crippen molar-refractivity contribution in [3.8, 4) is 11.5 Å². The van der Waals surface area contributed by atoms with Crippen molar-refractivity contribution >= 4 is 17.3 Å². The minimum Gasteiger partial charge on any atom is -0.504 e. The summed E-state index contributed by atoms with van der Waals surface area (Å²) in [6, 6.07) is 9.72. The third-order valence-corrected chi connectivity index (χ3v) is 4.88. The number of nitrogens with zero attached hydrogens (tertiary/aromatic N) is 1. The summed E-state index contributed by atoms with van der Waals surface area (Å²) in [5, 5.41) is 18.4. The van der Waals surface area contributed by atoms with Gasteiger partial charge in [-0.2, -0.15) is 0 Å². The van der Waals surface area contributed by atoms with Crippen LogP contribution in [0, 0.1) is 5.92 Å². The fourth-order valence-electron chi connectivity index (χ4n) is 2.63. The Morgan fingerprint density at radius 2 is 2.15 bits per heavy atom. The highest BCUT2D eigenvalue weighted by atomic mass is 32.1. The lowest BCUT2D eigenvalue weighted by Gasteiger charge is -2.13. The average molecular weight is 376 g/mol. The third-order valence-electron chi connectivity index (χ3n) is 3.99. The number of phenols is 1. The van der Waals surface area contributed by atoms with Crippen molar-refractivity contribution < 1.29 is 9.84 Å². The van der Waals surface area contributed by atoms with Crippen LogP contribution in [0.2, 0.25) is 0 Å². The molecule has 1 atom stereocenters. The first-order valence-electron chi connectivity index (χ1n) is 9.02. The zero-order valence-electron chi connectivity index (χ0n) is 15.8. The third kappa shape index (κ3) is 6.59. The standard InChI is InChI=1S/C20H29N3O2S/c1-4-21-20(23-14-15(2)12-17-6-5-11-26-17)22-10-9-16-7-8-18(24)19(13-16)25-3/h5-8,11,13,15,24H,4,9-10,12,14H2,1-3H3,(H2,21,22,23). The lowest BCUT2D eigenvalue weighted by molar-refractivity contribution is 0.373. The highest BCUT2D eigenvalue weighted by molar-refractivity contribution is 7.09. The average Bonchev–Trinajstić information content (AvgIpc) is 3.14. The summed E-state index contributed by atoms with van der Waals surface area (Å²) in [6.07, 6.45) is 1.89. The molecule has 6 heteroatoms. The predicted molar refractivity (Wildman–Crippen MR) is 110 cm³/mol. The largest absolute Gasteiger partial charge is 0.504 e. The van der Waals surface area contributed by atoms with Gasteiger partial charge in [0.05, 0.1) is 7.11 Å². The number of hydrogen-bond acceptors (Lipinski definition) is 4. The van der Waals surface area contributed by atoms with Gasteiger partial charge in [-0.1, -0.05) is 19.1 Å². The number of aromatic hydroxyl groups is 1. The molecule has 0 amide bonds. The van der Waals surface area contributed by atoms with Gasteiger partial charge in [-0.3, -0.25) is 4.99 Å². The van der Waals surface area contributed by atoms with Gasteiger partial charge >= 0.3 is 0 Å². The molecule has 2 aromatic rings. The molecular formula is C20H29N3O2S. The molecule has 0 bridgehead atoms. The Kier molecular flexibility index (Phi) is 8.28. The van der Waals surface area contributed by atoms with Crippen LogP contribution in [0.3, 0.4) is 0 Å². The monoisotopic (exact) mass is 375 g/mol. The zero-order chi connectivity index (χ0) is 18.8. The van der Waals surface area contributed by atoms with E-state index in [-0.39, 0.29) is 5.75 Å². The van der Waals surface area contributed by atoms with Crippen molar-refractivity contribution in [2.45, 2.75) is 26.7 Å². The topological polar surface area (TPSA) is 65.9 Å². The van der Waals surface area contributed by atoms with Gasteiger partial charge in [0.1, 0.15) is 0 Å². The number of phenolic OH excluding ortho intramolecular Hbond substituents is 1. The van der Waals surface area contributed by atoms with E-state index in [9.17, 15) is 5.11 Å². The number of benzene rings is 1. The highest BCUT2D eigenvalue weighted by Crippen LogP contribution is 2.26. The first kappa shape index (κ1) is 20.1. The second-order valence-corrected chi connectivity index (χ2v) is 7.32. The number of ether oxygens (including phenoxy) is 1. The van der Waals surface area contributed by atoms with E-state index in [2.05, 4.69) is 42.0 Å². The van der Waals surface area contributed by atoms with Crippen LogP contribution in [0.25, 0.3) is 0 Å². The molecule has 0 aliphatic heterocycles. The van der Waals surface area contributed by atoms with Crippen LogP contribution in [-0.2, 0) is 12.8 Å². The van der Waals surface area contributed by atoms with E-state index < -0.39 is 0 Å². The van der Waals surface area contributed by atoms with Crippen LogP contribution < -0.4 is 15.4 Å². The van der Waals surface area contributed by atoms with Crippen molar-refractivity contribution in [3.63, 3.8) is 0 Å². The minimum atomic E-state index is 0.166. The van der Waals surface area contributed by atoms with Gasteiger partial charge in [0.2, 0.25) is 0 Å². The van der Waals surface area contributed by atoms with Gasteiger partial charge in [0.15, 0.2) is 17.5 Å². The summed E-state index contributed by atoms with van der Waals surface area (Å²) < 4.78 is 5.15. The van der Waals surface area contributed by atoms with Gasteiger partial charge in [0.25, 0.3) is 0 Å². The fourth-order valence-corrected chi connectivity index (χ4v) is 3.50. The van der Waals surface area contributed by atoms with Crippen LogP contribution >= 0.6 is 11.3 Å². The predicted octanol–water partition coefficient (Wildman–Crippen LogP) is 3.44. The molecule has 0 aliphatic rings. The summed E-state index contributed by atoms with van der Waals surface area (Å²) in [7, 11) is 1.56. The van der Waals surface area contributed by atoms with Gasteiger partial charge < -0.3 is 20.5 Å². The molecule has 3 N–H and O–H groups in total. The van der Waals surface area contributed by atoms with E-state index in [1.165, 1.54) is 4.88 Å². The van der Waals surface area contributed by atoms with Gasteiger partial charge in [-0.25, -0.2) is 0 Å². The number of nitrogens with one attached hydrogen (secondary N) is 2. The number of rotatable bonds is 9. The first-order chi connectivity index (χ1) is 12.6. The Labute approximate surface area is 160 Å². The molecule has 1 aromatic heterocycles. The maximum atomic E-state index is 9.66. The molecule has 26 heavy (non-hydrogen) atoms. The van der Waals surface area contributed by atoms with Crippen molar-refractivity contribution in [2.75, 3.05) is 26.7 Å². The molecular weight excluding hydrogens is 346 g/mol. The Morgan fingerprint density at radius 1 is 1.31 bits per heavy atom. The number of aliphatic imine (C=N–C) groups is 1. The normalized spacial score (nSPS) is 12.7. The Hall–Kier alpha value is -2.21. The number of methoxy groups -OCH3 is 1. The van der Waals surface area contributed by atoms with Crippen LogP contribution in [0.15, 0.2) is 40.7 Å². The Balaban J connectivity index is 1.83. The van der Waals surface area contributed by atoms with E-state index in [1.54, 1.807) is 24.5 Å². The molecule has 2 rings (SSSR count). The van der Waals surface area contributed by atoms with E-state index in [0.717, 1.165) is 44.0 Å². The van der Waals surface area contributed by atoms with Gasteiger partial charge in [-0.15, -0.1) is 11.3 Å². The van der Waals surface area contributed by atoms with Crippen molar-refractivity contribution in [1.82, 2.24) is 10.6 Å². The smallest absolute Gasteiger partial charge is 0.191 e. The molecule has 0 aliphatic carbocycles. The number of guanidine groups is 1. The Bertz CT molecular complexity index is 686. The fraction of sp³-hybridized carbons (Fsp3) is 0.450. The molecule has 0 fully saturated rings.